The van der Waals surface area contributed by atoms with Gasteiger partial charge < -0.3 is 10.1 Å². The molecule has 200 valence electrons. The lowest BCUT2D eigenvalue weighted by molar-refractivity contribution is -0.134. The summed E-state index contributed by atoms with van der Waals surface area (Å²) in [5, 5.41) is 3.57. The number of urea groups is 1. The highest BCUT2D eigenvalue weighted by Crippen LogP contribution is 2.33. The van der Waals surface area contributed by atoms with Crippen LogP contribution < -0.4 is 15.0 Å². The van der Waals surface area contributed by atoms with Gasteiger partial charge >= 0.3 is 12.0 Å². The van der Waals surface area contributed by atoms with Crippen LogP contribution in [0.4, 0.5) is 16.2 Å². The number of carbonyl (C=O) groups excluding carboxylic acids is 2. The second kappa shape index (κ2) is 14.1. The summed E-state index contributed by atoms with van der Waals surface area (Å²) >= 11 is 14.0. The fraction of sp³-hybridized carbons (Fsp3) is 0.161. The topological polar surface area (TPSA) is 58.6 Å². The normalized spacial score (nSPS) is 10.6. The standard InChI is InChI=1S/C31H28Cl2N2O3S/c1-2-8-29(36)38-24-15-17-25(18-16-24)39-26-12-6-11-23(21-26)35(20-19-22-9-4-3-5-10-22)31(37)34-28-14-7-13-27(32)30(28)33/h3-7,9-18,21H,2,8,19-20H2,1H3,(H,34,37). The number of carbonyl (C=O) groups is 2. The zero-order valence-corrected chi connectivity index (χ0v) is 23.7. The van der Waals surface area contributed by atoms with E-state index in [2.05, 4.69) is 5.32 Å². The molecule has 4 aromatic rings. The number of amides is 2. The number of esters is 1. The van der Waals surface area contributed by atoms with Gasteiger partial charge in [-0.15, -0.1) is 0 Å². The molecule has 0 spiro atoms. The Labute approximate surface area is 243 Å². The van der Waals surface area contributed by atoms with E-state index in [1.54, 1.807) is 47.0 Å². The molecule has 0 aliphatic heterocycles. The zero-order valence-electron chi connectivity index (χ0n) is 21.4. The molecule has 1 N–H and O–H groups in total. The third kappa shape index (κ3) is 8.27. The quantitative estimate of drug-likeness (QED) is 0.150. The molecule has 0 bridgehead atoms. The Bertz CT molecular complexity index is 1420. The maximum Gasteiger partial charge on any atom is 0.326 e. The molecule has 0 fully saturated rings. The predicted molar refractivity (Wildman–Crippen MR) is 161 cm³/mol. The summed E-state index contributed by atoms with van der Waals surface area (Å²) in [6.07, 6.45) is 1.81. The molecule has 0 saturated heterocycles. The van der Waals surface area contributed by atoms with Gasteiger partial charge in [0.25, 0.3) is 0 Å². The first-order valence-electron chi connectivity index (χ1n) is 12.6. The summed E-state index contributed by atoms with van der Waals surface area (Å²) in [6.45, 7) is 2.40. The van der Waals surface area contributed by atoms with E-state index in [9.17, 15) is 9.59 Å². The number of hydrogen-bond donors (Lipinski definition) is 1. The van der Waals surface area contributed by atoms with E-state index in [-0.39, 0.29) is 12.0 Å². The van der Waals surface area contributed by atoms with Gasteiger partial charge in [0, 0.05) is 28.4 Å². The Hall–Kier alpha value is -3.45. The van der Waals surface area contributed by atoms with Gasteiger partial charge in [-0.05, 0) is 73.0 Å². The summed E-state index contributed by atoms with van der Waals surface area (Å²) in [4.78, 5) is 28.9. The summed E-state index contributed by atoms with van der Waals surface area (Å²) in [7, 11) is 0. The molecule has 4 rings (SSSR count). The molecule has 4 aromatic carbocycles. The van der Waals surface area contributed by atoms with Gasteiger partial charge in [-0.25, -0.2) is 4.79 Å². The molecule has 0 aromatic heterocycles. The lowest BCUT2D eigenvalue weighted by Crippen LogP contribution is -2.36. The lowest BCUT2D eigenvalue weighted by Gasteiger charge is -2.24. The van der Waals surface area contributed by atoms with Gasteiger partial charge in [-0.2, -0.15) is 0 Å². The van der Waals surface area contributed by atoms with Crippen molar-refractivity contribution < 1.29 is 14.3 Å². The SMILES string of the molecule is CCCC(=O)Oc1ccc(Sc2cccc(N(CCc3ccccc3)C(=O)Nc3cccc(Cl)c3Cl)c2)cc1. The molecule has 5 nitrogen and oxygen atoms in total. The Kier molecular flexibility index (Phi) is 10.3. The second-order valence-corrected chi connectivity index (χ2v) is 10.6. The highest BCUT2D eigenvalue weighted by Gasteiger charge is 2.18. The maximum absolute atomic E-state index is 13.5. The maximum atomic E-state index is 13.5. The smallest absolute Gasteiger partial charge is 0.326 e. The number of hydrogen-bond acceptors (Lipinski definition) is 4. The second-order valence-electron chi connectivity index (χ2n) is 8.71. The van der Waals surface area contributed by atoms with Crippen molar-refractivity contribution in [3.63, 3.8) is 0 Å². The van der Waals surface area contributed by atoms with Crippen molar-refractivity contribution in [3.05, 3.63) is 113 Å². The molecule has 0 atom stereocenters. The van der Waals surface area contributed by atoms with Crippen molar-refractivity contribution in [1.82, 2.24) is 0 Å². The molecule has 0 unspecified atom stereocenters. The van der Waals surface area contributed by atoms with E-state index in [0.29, 0.717) is 40.9 Å². The van der Waals surface area contributed by atoms with Gasteiger partial charge in [0.2, 0.25) is 0 Å². The van der Waals surface area contributed by atoms with Crippen molar-refractivity contribution in [1.29, 1.82) is 0 Å². The van der Waals surface area contributed by atoms with Gasteiger partial charge in [0.05, 0.1) is 15.7 Å². The van der Waals surface area contributed by atoms with Gasteiger partial charge in [0.1, 0.15) is 5.75 Å². The van der Waals surface area contributed by atoms with Crippen molar-refractivity contribution >= 4 is 58.3 Å². The van der Waals surface area contributed by atoms with Crippen LogP contribution in [0.25, 0.3) is 0 Å². The number of rotatable bonds is 10. The predicted octanol–water partition coefficient (Wildman–Crippen LogP) is 9.13. The van der Waals surface area contributed by atoms with E-state index < -0.39 is 0 Å². The van der Waals surface area contributed by atoms with E-state index in [4.69, 9.17) is 27.9 Å². The molecule has 39 heavy (non-hydrogen) atoms. The number of nitrogens with zero attached hydrogens (tertiary/aromatic N) is 1. The average molecular weight is 580 g/mol. The van der Waals surface area contributed by atoms with Crippen LogP contribution in [0, 0.1) is 0 Å². The highest BCUT2D eigenvalue weighted by molar-refractivity contribution is 7.99. The number of ether oxygens (including phenoxy) is 1. The Morgan fingerprint density at radius 3 is 2.36 bits per heavy atom. The van der Waals surface area contributed by atoms with Crippen molar-refractivity contribution in [2.45, 2.75) is 36.0 Å². The number of nitrogens with one attached hydrogen (secondary N) is 1. The molecule has 2 amide bonds. The lowest BCUT2D eigenvalue weighted by atomic mass is 10.1. The van der Waals surface area contributed by atoms with E-state index in [1.807, 2.05) is 73.7 Å². The first-order valence-corrected chi connectivity index (χ1v) is 14.2. The Morgan fingerprint density at radius 2 is 1.62 bits per heavy atom. The molecule has 8 heteroatoms. The van der Waals surface area contributed by atoms with Crippen LogP contribution in [-0.4, -0.2) is 18.5 Å². The minimum Gasteiger partial charge on any atom is -0.427 e. The zero-order chi connectivity index (χ0) is 27.6. The molecule has 0 aliphatic rings. The minimum atomic E-state index is -0.310. The first-order chi connectivity index (χ1) is 18.9. The van der Waals surface area contributed by atoms with Crippen molar-refractivity contribution in [2.75, 3.05) is 16.8 Å². The molecular weight excluding hydrogens is 551 g/mol. The third-order valence-electron chi connectivity index (χ3n) is 5.78. The van der Waals surface area contributed by atoms with Gasteiger partial charge in [-0.1, -0.05) is 84.4 Å². The summed E-state index contributed by atoms with van der Waals surface area (Å²) < 4.78 is 5.35. The van der Waals surface area contributed by atoms with Crippen molar-refractivity contribution in [3.8, 4) is 5.75 Å². The first kappa shape index (κ1) is 28.6. The Morgan fingerprint density at radius 1 is 0.872 bits per heavy atom. The fourth-order valence-electron chi connectivity index (χ4n) is 3.83. The summed E-state index contributed by atoms with van der Waals surface area (Å²) in [5.41, 5.74) is 2.32. The van der Waals surface area contributed by atoms with E-state index in [1.165, 1.54) is 0 Å². The van der Waals surface area contributed by atoms with Crippen LogP contribution in [-0.2, 0) is 11.2 Å². The molecule has 0 heterocycles. The van der Waals surface area contributed by atoms with Crippen LogP contribution >= 0.6 is 35.0 Å². The summed E-state index contributed by atoms with van der Waals surface area (Å²) in [6, 6.07) is 30.0. The molecular formula is C31H28Cl2N2O3S. The van der Waals surface area contributed by atoms with Crippen molar-refractivity contribution in [2.24, 2.45) is 0 Å². The van der Waals surface area contributed by atoms with Crippen LogP contribution in [0.3, 0.4) is 0 Å². The average Bonchev–Trinajstić information content (AvgIpc) is 2.93. The van der Waals surface area contributed by atoms with Gasteiger partial charge in [0.15, 0.2) is 0 Å². The molecule has 0 radical (unpaired) electrons. The monoisotopic (exact) mass is 578 g/mol. The number of anilines is 2. The van der Waals surface area contributed by atoms with E-state index in [0.717, 1.165) is 27.5 Å². The number of halogens is 2. The van der Waals surface area contributed by atoms with Crippen LogP contribution in [0.15, 0.2) is 107 Å². The number of benzene rings is 4. The largest absolute Gasteiger partial charge is 0.427 e. The fourth-order valence-corrected chi connectivity index (χ4v) is 5.05. The van der Waals surface area contributed by atoms with Crippen LogP contribution in [0.1, 0.15) is 25.3 Å². The summed E-state index contributed by atoms with van der Waals surface area (Å²) in [5.74, 6) is 0.286. The van der Waals surface area contributed by atoms with Crippen LogP contribution in [0.5, 0.6) is 5.75 Å². The minimum absolute atomic E-state index is 0.237. The van der Waals surface area contributed by atoms with Gasteiger partial charge in [-0.3, -0.25) is 9.69 Å². The Balaban J connectivity index is 1.53. The molecule has 0 saturated carbocycles. The van der Waals surface area contributed by atoms with E-state index >= 15 is 0 Å². The van der Waals surface area contributed by atoms with Crippen LogP contribution in [0.2, 0.25) is 10.0 Å². The third-order valence-corrected chi connectivity index (χ3v) is 7.60. The molecule has 0 aliphatic carbocycles. The highest BCUT2D eigenvalue weighted by atomic mass is 35.5.